The number of aliphatic hydroxyl groups is 1. The molecule has 0 radical (unpaired) electrons. The van der Waals surface area contributed by atoms with Gasteiger partial charge in [-0.1, -0.05) is 19.3 Å². The van der Waals surface area contributed by atoms with E-state index < -0.39 is 5.60 Å². The molecule has 15 heavy (non-hydrogen) atoms. The molecule has 0 aromatic rings. The number of rotatable bonds is 3. The van der Waals surface area contributed by atoms with Gasteiger partial charge in [0.15, 0.2) is 0 Å². The third-order valence-corrected chi connectivity index (χ3v) is 2.95. The zero-order valence-electron chi connectivity index (χ0n) is 10.1. The van der Waals surface area contributed by atoms with E-state index in [2.05, 4.69) is 0 Å². The number of hydrogen-bond donors (Lipinski definition) is 1. The van der Waals surface area contributed by atoms with Gasteiger partial charge in [-0.25, -0.2) is 0 Å². The fourth-order valence-electron chi connectivity index (χ4n) is 2.32. The van der Waals surface area contributed by atoms with Crippen molar-refractivity contribution in [2.24, 2.45) is 5.92 Å². The molecule has 0 aliphatic heterocycles. The Balaban J connectivity index is 2.44. The zero-order valence-corrected chi connectivity index (χ0v) is 10.1. The molecule has 0 saturated heterocycles. The van der Waals surface area contributed by atoms with Gasteiger partial charge in [0, 0.05) is 19.5 Å². The molecule has 88 valence electrons. The average Bonchev–Trinajstić information content (AvgIpc) is 2.15. The minimum absolute atomic E-state index is 0.200. The molecule has 3 nitrogen and oxygen atoms in total. The van der Waals surface area contributed by atoms with Gasteiger partial charge in [0.1, 0.15) is 0 Å². The molecule has 0 spiro atoms. The van der Waals surface area contributed by atoms with Gasteiger partial charge in [0.05, 0.1) is 5.60 Å². The molecule has 0 heterocycles. The van der Waals surface area contributed by atoms with Gasteiger partial charge in [0.25, 0.3) is 0 Å². The van der Waals surface area contributed by atoms with E-state index in [1.807, 2.05) is 0 Å². The second kappa shape index (κ2) is 4.97. The van der Waals surface area contributed by atoms with E-state index in [-0.39, 0.29) is 11.8 Å². The molecule has 1 saturated carbocycles. The lowest BCUT2D eigenvalue weighted by atomic mass is 9.88. The summed E-state index contributed by atoms with van der Waals surface area (Å²) in [5.74, 6) is 0.405. The van der Waals surface area contributed by atoms with Crippen LogP contribution in [0.15, 0.2) is 0 Å². The lowest BCUT2D eigenvalue weighted by molar-refractivity contribution is -0.137. The maximum absolute atomic E-state index is 12.0. The molecule has 0 unspecified atom stereocenters. The maximum atomic E-state index is 12.0. The molecular weight excluding hydrogens is 190 g/mol. The summed E-state index contributed by atoms with van der Waals surface area (Å²) in [5.41, 5.74) is -0.793. The average molecular weight is 213 g/mol. The molecule has 1 amide bonds. The summed E-state index contributed by atoms with van der Waals surface area (Å²) in [4.78, 5) is 13.7. The highest BCUT2D eigenvalue weighted by atomic mass is 16.3. The third kappa shape index (κ3) is 4.20. The van der Waals surface area contributed by atoms with Crippen molar-refractivity contribution in [2.75, 3.05) is 13.6 Å². The van der Waals surface area contributed by atoms with Crippen molar-refractivity contribution >= 4 is 5.91 Å². The number of carbonyl (C=O) groups is 1. The Morgan fingerprint density at radius 3 is 2.33 bits per heavy atom. The van der Waals surface area contributed by atoms with Crippen LogP contribution in [0.4, 0.5) is 0 Å². The van der Waals surface area contributed by atoms with E-state index in [1.54, 1.807) is 25.8 Å². The molecule has 0 aromatic carbocycles. The Morgan fingerprint density at radius 2 is 1.87 bits per heavy atom. The molecule has 1 aliphatic carbocycles. The van der Waals surface area contributed by atoms with Gasteiger partial charge in [-0.15, -0.1) is 0 Å². The van der Waals surface area contributed by atoms with E-state index in [4.69, 9.17) is 0 Å². The normalized spacial score (nSPS) is 18.9. The number of hydrogen-bond acceptors (Lipinski definition) is 2. The van der Waals surface area contributed by atoms with Crippen LogP contribution in [0.25, 0.3) is 0 Å². The summed E-state index contributed by atoms with van der Waals surface area (Å²) in [7, 11) is 1.79. The molecule has 0 bridgehead atoms. The number of carbonyl (C=O) groups excluding carboxylic acids is 1. The molecule has 1 fully saturated rings. The van der Waals surface area contributed by atoms with Gasteiger partial charge in [-0.2, -0.15) is 0 Å². The van der Waals surface area contributed by atoms with Gasteiger partial charge in [-0.3, -0.25) is 4.79 Å². The second-order valence-corrected chi connectivity index (χ2v) is 5.34. The van der Waals surface area contributed by atoms with Crippen LogP contribution in [0.1, 0.15) is 46.0 Å². The van der Waals surface area contributed by atoms with Crippen LogP contribution >= 0.6 is 0 Å². The van der Waals surface area contributed by atoms with Crippen molar-refractivity contribution in [3.63, 3.8) is 0 Å². The van der Waals surface area contributed by atoms with Crippen LogP contribution in [0.5, 0.6) is 0 Å². The zero-order chi connectivity index (χ0) is 11.5. The van der Waals surface area contributed by atoms with Crippen molar-refractivity contribution in [1.82, 2.24) is 4.90 Å². The monoisotopic (exact) mass is 213 g/mol. The number of likely N-dealkylation sites (N-methyl/N-ethyl adjacent to an activating group) is 1. The van der Waals surface area contributed by atoms with E-state index in [9.17, 15) is 9.90 Å². The molecule has 0 atom stereocenters. The lowest BCUT2D eigenvalue weighted by Gasteiger charge is -2.30. The first-order valence-electron chi connectivity index (χ1n) is 5.87. The Bertz CT molecular complexity index is 214. The summed E-state index contributed by atoms with van der Waals surface area (Å²) in [6.45, 7) is 3.89. The summed E-state index contributed by atoms with van der Waals surface area (Å²) < 4.78 is 0. The van der Waals surface area contributed by atoms with E-state index >= 15 is 0 Å². The van der Waals surface area contributed by atoms with E-state index in [0.29, 0.717) is 6.54 Å². The lowest BCUT2D eigenvalue weighted by Crippen LogP contribution is -2.42. The minimum atomic E-state index is -0.793. The molecular formula is C12H23NO2. The third-order valence-electron chi connectivity index (χ3n) is 2.95. The van der Waals surface area contributed by atoms with Crippen LogP contribution in [0, 0.1) is 5.92 Å². The Morgan fingerprint density at radius 1 is 1.33 bits per heavy atom. The predicted molar refractivity (Wildman–Crippen MR) is 60.5 cm³/mol. The van der Waals surface area contributed by atoms with Crippen LogP contribution in [-0.2, 0) is 4.79 Å². The molecule has 3 heteroatoms. The Labute approximate surface area is 92.5 Å². The molecule has 1 N–H and O–H groups in total. The highest BCUT2D eigenvalue weighted by Gasteiger charge is 2.26. The van der Waals surface area contributed by atoms with Crippen molar-refractivity contribution in [1.29, 1.82) is 0 Å². The maximum Gasteiger partial charge on any atom is 0.225 e. The fraction of sp³-hybridized carbons (Fsp3) is 0.917. The van der Waals surface area contributed by atoms with E-state index in [0.717, 1.165) is 12.8 Å². The topological polar surface area (TPSA) is 40.5 Å². The van der Waals surface area contributed by atoms with Gasteiger partial charge >= 0.3 is 0 Å². The minimum Gasteiger partial charge on any atom is -0.389 e. The molecule has 1 aliphatic rings. The standard InChI is InChI=1S/C12H23NO2/c1-12(2,15)9-13(3)11(14)10-7-5-4-6-8-10/h10,15H,4-9H2,1-3H3. The number of amides is 1. The van der Waals surface area contributed by atoms with Crippen molar-refractivity contribution in [3.05, 3.63) is 0 Å². The largest absolute Gasteiger partial charge is 0.389 e. The molecule has 1 rings (SSSR count). The Hall–Kier alpha value is -0.570. The number of nitrogens with zero attached hydrogens (tertiary/aromatic N) is 1. The van der Waals surface area contributed by atoms with Crippen molar-refractivity contribution in [3.8, 4) is 0 Å². The Kier molecular flexibility index (Phi) is 4.14. The highest BCUT2D eigenvalue weighted by molar-refractivity contribution is 5.78. The highest BCUT2D eigenvalue weighted by Crippen LogP contribution is 2.25. The summed E-state index contributed by atoms with van der Waals surface area (Å²) in [5, 5.41) is 9.64. The fourth-order valence-corrected chi connectivity index (χ4v) is 2.32. The SMILES string of the molecule is CN(CC(C)(C)O)C(=O)C1CCCCC1. The summed E-state index contributed by atoms with van der Waals surface area (Å²) >= 11 is 0. The van der Waals surface area contributed by atoms with E-state index in [1.165, 1.54) is 19.3 Å². The van der Waals surface area contributed by atoms with Gasteiger partial charge < -0.3 is 10.0 Å². The van der Waals surface area contributed by atoms with Gasteiger partial charge in [0.2, 0.25) is 5.91 Å². The first kappa shape index (κ1) is 12.5. The van der Waals surface area contributed by atoms with Crippen LogP contribution in [0.2, 0.25) is 0 Å². The first-order chi connectivity index (χ1) is 6.90. The van der Waals surface area contributed by atoms with Crippen LogP contribution in [0.3, 0.4) is 0 Å². The van der Waals surface area contributed by atoms with Crippen LogP contribution in [-0.4, -0.2) is 35.1 Å². The summed E-state index contributed by atoms with van der Waals surface area (Å²) in [6, 6.07) is 0. The van der Waals surface area contributed by atoms with Crippen LogP contribution < -0.4 is 0 Å². The second-order valence-electron chi connectivity index (χ2n) is 5.34. The molecule has 0 aromatic heterocycles. The smallest absolute Gasteiger partial charge is 0.225 e. The predicted octanol–water partition coefficient (Wildman–Crippen LogP) is 1.80. The summed E-state index contributed by atoms with van der Waals surface area (Å²) in [6.07, 6.45) is 5.66. The van der Waals surface area contributed by atoms with Crippen molar-refractivity contribution < 1.29 is 9.90 Å². The van der Waals surface area contributed by atoms with Gasteiger partial charge in [-0.05, 0) is 26.7 Å². The quantitative estimate of drug-likeness (QED) is 0.776. The first-order valence-corrected chi connectivity index (χ1v) is 5.87. The van der Waals surface area contributed by atoms with Crippen molar-refractivity contribution in [2.45, 2.75) is 51.6 Å².